The lowest BCUT2D eigenvalue weighted by Crippen LogP contribution is -2.18. The van der Waals surface area contributed by atoms with Gasteiger partial charge in [-0.1, -0.05) is 87.0 Å². The van der Waals surface area contributed by atoms with E-state index in [0.29, 0.717) is 21.9 Å². The van der Waals surface area contributed by atoms with Crippen LogP contribution in [0.4, 0.5) is 0 Å². The molecule has 5 nitrogen and oxygen atoms in total. The van der Waals surface area contributed by atoms with E-state index in [1.807, 2.05) is 42.5 Å². The van der Waals surface area contributed by atoms with Crippen LogP contribution in [0.2, 0.25) is 5.02 Å². The number of fused-ring (bicyclic) bond motifs is 1. The number of nitrogens with one attached hydrogen (secondary N) is 1. The van der Waals surface area contributed by atoms with Crippen molar-refractivity contribution in [3.63, 3.8) is 0 Å². The summed E-state index contributed by atoms with van der Waals surface area (Å²) < 4.78 is 5.68. The standard InChI is InChI=1S/C29H25ClN2O3/c1-29(2,3)21-15-12-20(13-16-21)27(33)32-31-18-24-22-9-5-4-8-19(22)14-17-26(24)35-28(34)23-10-6-7-11-25(23)30/h4-18H,1-3H3,(H,32,33)/b31-18-. The molecule has 0 aliphatic heterocycles. The molecule has 0 aromatic heterocycles. The molecule has 0 aliphatic rings. The minimum Gasteiger partial charge on any atom is -0.422 e. The molecule has 0 radical (unpaired) electrons. The second kappa shape index (κ2) is 10.1. The smallest absolute Gasteiger partial charge is 0.345 e. The van der Waals surface area contributed by atoms with Gasteiger partial charge in [0.05, 0.1) is 16.8 Å². The molecule has 0 atom stereocenters. The van der Waals surface area contributed by atoms with Crippen LogP contribution in [0.25, 0.3) is 10.8 Å². The molecule has 0 unspecified atom stereocenters. The number of rotatable bonds is 5. The highest BCUT2D eigenvalue weighted by Crippen LogP contribution is 2.28. The molecule has 0 saturated heterocycles. The van der Waals surface area contributed by atoms with Gasteiger partial charge < -0.3 is 4.74 Å². The minimum atomic E-state index is -0.580. The first-order valence-electron chi connectivity index (χ1n) is 11.2. The molecule has 1 amide bonds. The maximum absolute atomic E-state index is 12.8. The first kappa shape index (κ1) is 24.2. The highest BCUT2D eigenvalue weighted by atomic mass is 35.5. The number of ether oxygens (including phenoxy) is 1. The Labute approximate surface area is 209 Å². The Balaban J connectivity index is 1.59. The lowest BCUT2D eigenvalue weighted by molar-refractivity contribution is 0.0734. The van der Waals surface area contributed by atoms with Crippen molar-refractivity contribution in [2.45, 2.75) is 26.2 Å². The summed E-state index contributed by atoms with van der Waals surface area (Å²) in [5.74, 6) is -0.610. The molecule has 0 heterocycles. The maximum atomic E-state index is 12.8. The Hall–Kier alpha value is -3.96. The topological polar surface area (TPSA) is 67.8 Å². The van der Waals surface area contributed by atoms with Crippen LogP contribution in [0.15, 0.2) is 90.0 Å². The van der Waals surface area contributed by atoms with Gasteiger partial charge >= 0.3 is 5.97 Å². The zero-order valence-corrected chi connectivity index (χ0v) is 20.5. The summed E-state index contributed by atoms with van der Waals surface area (Å²) in [6.07, 6.45) is 1.49. The Morgan fingerprint density at radius 1 is 0.886 bits per heavy atom. The van der Waals surface area contributed by atoms with Crippen LogP contribution >= 0.6 is 11.6 Å². The second-order valence-electron chi connectivity index (χ2n) is 9.09. The molecule has 0 fully saturated rings. The molecule has 176 valence electrons. The third kappa shape index (κ3) is 5.58. The lowest BCUT2D eigenvalue weighted by Gasteiger charge is -2.18. The number of hydrogen-bond donors (Lipinski definition) is 1. The van der Waals surface area contributed by atoms with E-state index in [0.717, 1.165) is 16.3 Å². The predicted octanol–water partition coefficient (Wildman–Crippen LogP) is 6.77. The van der Waals surface area contributed by atoms with E-state index in [2.05, 4.69) is 31.3 Å². The zero-order valence-electron chi connectivity index (χ0n) is 19.7. The molecule has 4 rings (SSSR count). The molecule has 4 aromatic carbocycles. The van der Waals surface area contributed by atoms with Crippen molar-refractivity contribution in [3.05, 3.63) is 112 Å². The van der Waals surface area contributed by atoms with Gasteiger partial charge in [-0.3, -0.25) is 4.79 Å². The Bertz CT molecular complexity index is 1420. The van der Waals surface area contributed by atoms with Crippen LogP contribution in [-0.2, 0) is 5.41 Å². The van der Waals surface area contributed by atoms with Gasteiger partial charge in [-0.2, -0.15) is 5.10 Å². The van der Waals surface area contributed by atoms with Gasteiger partial charge in [-0.15, -0.1) is 0 Å². The third-order valence-electron chi connectivity index (χ3n) is 5.60. The van der Waals surface area contributed by atoms with Crippen LogP contribution in [0.3, 0.4) is 0 Å². The summed E-state index contributed by atoms with van der Waals surface area (Å²) in [6.45, 7) is 6.35. The van der Waals surface area contributed by atoms with Gasteiger partial charge in [0, 0.05) is 11.1 Å². The normalized spacial score (nSPS) is 11.5. The largest absolute Gasteiger partial charge is 0.422 e. The first-order chi connectivity index (χ1) is 16.7. The average Bonchev–Trinajstić information content (AvgIpc) is 2.84. The number of nitrogens with zero attached hydrogens (tertiary/aromatic N) is 1. The number of hydrogen-bond acceptors (Lipinski definition) is 4. The van der Waals surface area contributed by atoms with Gasteiger partial charge in [0.1, 0.15) is 5.75 Å². The van der Waals surface area contributed by atoms with Gasteiger partial charge in [0.2, 0.25) is 0 Å². The molecule has 4 aromatic rings. The minimum absolute atomic E-state index is 0.000657. The molecular weight excluding hydrogens is 460 g/mol. The van der Waals surface area contributed by atoms with Crippen molar-refractivity contribution in [1.82, 2.24) is 5.43 Å². The van der Waals surface area contributed by atoms with Crippen LogP contribution in [-0.4, -0.2) is 18.1 Å². The number of halogens is 1. The van der Waals surface area contributed by atoms with Gasteiger partial charge in [0.25, 0.3) is 5.91 Å². The van der Waals surface area contributed by atoms with Crippen LogP contribution in [0.5, 0.6) is 5.75 Å². The number of hydrazone groups is 1. The van der Waals surface area contributed by atoms with Gasteiger partial charge in [-0.25, -0.2) is 10.2 Å². The third-order valence-corrected chi connectivity index (χ3v) is 5.93. The first-order valence-corrected chi connectivity index (χ1v) is 11.5. The van der Waals surface area contributed by atoms with Crippen molar-refractivity contribution in [1.29, 1.82) is 0 Å². The molecule has 35 heavy (non-hydrogen) atoms. The Morgan fingerprint density at radius 2 is 1.57 bits per heavy atom. The molecule has 6 heteroatoms. The van der Waals surface area contributed by atoms with E-state index in [1.54, 1.807) is 42.5 Å². The Kier molecular flexibility index (Phi) is 6.99. The highest BCUT2D eigenvalue weighted by molar-refractivity contribution is 6.33. The van der Waals surface area contributed by atoms with Crippen molar-refractivity contribution >= 4 is 40.5 Å². The molecule has 0 saturated carbocycles. The number of esters is 1. The summed E-state index contributed by atoms with van der Waals surface area (Å²) in [7, 11) is 0. The van der Waals surface area contributed by atoms with Crippen molar-refractivity contribution < 1.29 is 14.3 Å². The SMILES string of the molecule is CC(C)(C)c1ccc(C(=O)N/N=C\c2c(OC(=O)c3ccccc3Cl)ccc3ccccc23)cc1. The monoisotopic (exact) mass is 484 g/mol. The summed E-state index contributed by atoms with van der Waals surface area (Å²) in [5.41, 5.74) is 5.02. The number of amides is 1. The van der Waals surface area contributed by atoms with Crippen LogP contribution in [0, 0.1) is 0 Å². The highest BCUT2D eigenvalue weighted by Gasteiger charge is 2.16. The zero-order chi connectivity index (χ0) is 25.0. The van der Waals surface area contributed by atoms with Crippen molar-refractivity contribution in [2.24, 2.45) is 5.10 Å². The van der Waals surface area contributed by atoms with Crippen molar-refractivity contribution in [3.8, 4) is 5.75 Å². The number of carbonyl (C=O) groups is 2. The van der Waals surface area contributed by atoms with Crippen LogP contribution < -0.4 is 10.2 Å². The van der Waals surface area contributed by atoms with E-state index in [1.165, 1.54) is 6.21 Å². The molecule has 0 bridgehead atoms. The summed E-state index contributed by atoms with van der Waals surface area (Å²) in [5, 5.41) is 6.22. The fourth-order valence-electron chi connectivity index (χ4n) is 3.62. The summed E-state index contributed by atoms with van der Waals surface area (Å²) in [6, 6.07) is 25.3. The Morgan fingerprint density at radius 3 is 2.29 bits per heavy atom. The van der Waals surface area contributed by atoms with Gasteiger partial charge in [-0.05, 0) is 52.1 Å². The average molecular weight is 485 g/mol. The van der Waals surface area contributed by atoms with E-state index < -0.39 is 5.97 Å². The molecule has 1 N–H and O–H groups in total. The summed E-state index contributed by atoms with van der Waals surface area (Å²) in [4.78, 5) is 25.4. The van der Waals surface area contributed by atoms with E-state index >= 15 is 0 Å². The van der Waals surface area contributed by atoms with Gasteiger partial charge in [0.15, 0.2) is 0 Å². The quantitative estimate of drug-likeness (QED) is 0.147. The number of carbonyl (C=O) groups excluding carboxylic acids is 2. The molecular formula is C29H25ClN2O3. The summed E-state index contributed by atoms with van der Waals surface area (Å²) >= 11 is 6.16. The fourth-order valence-corrected chi connectivity index (χ4v) is 3.83. The van der Waals surface area contributed by atoms with E-state index in [-0.39, 0.29) is 16.9 Å². The van der Waals surface area contributed by atoms with Crippen LogP contribution in [0.1, 0.15) is 52.6 Å². The molecule has 0 spiro atoms. The second-order valence-corrected chi connectivity index (χ2v) is 9.50. The van der Waals surface area contributed by atoms with E-state index in [9.17, 15) is 9.59 Å². The van der Waals surface area contributed by atoms with E-state index in [4.69, 9.17) is 16.3 Å². The maximum Gasteiger partial charge on any atom is 0.345 e. The molecule has 0 aliphatic carbocycles. The van der Waals surface area contributed by atoms with Crippen molar-refractivity contribution in [2.75, 3.05) is 0 Å². The predicted molar refractivity (Wildman–Crippen MR) is 141 cm³/mol. The fraction of sp³-hybridized carbons (Fsp3) is 0.138. The number of benzene rings is 4. The lowest BCUT2D eigenvalue weighted by atomic mass is 9.87.